The normalized spacial score (nSPS) is 13.7. The van der Waals surface area contributed by atoms with Crippen LogP contribution in [0.5, 0.6) is 0 Å². The van der Waals surface area contributed by atoms with Gasteiger partial charge < -0.3 is 20.1 Å². The van der Waals surface area contributed by atoms with E-state index in [1.54, 1.807) is 24.3 Å². The van der Waals surface area contributed by atoms with Crippen LogP contribution in [0.25, 0.3) is 0 Å². The molecular formula is C17H20N2O5. The smallest absolute Gasteiger partial charge is 0.347 e. The van der Waals surface area contributed by atoms with Gasteiger partial charge in [0, 0.05) is 12.2 Å². The Labute approximate surface area is 140 Å². The van der Waals surface area contributed by atoms with E-state index in [4.69, 9.17) is 9.47 Å². The number of ketones is 1. The first-order valence-electron chi connectivity index (χ1n) is 7.63. The van der Waals surface area contributed by atoms with Crippen LogP contribution in [0.1, 0.15) is 13.8 Å². The van der Waals surface area contributed by atoms with E-state index >= 15 is 0 Å². The van der Waals surface area contributed by atoms with Gasteiger partial charge in [-0.3, -0.25) is 9.59 Å². The van der Waals surface area contributed by atoms with Crippen LogP contribution >= 0.6 is 0 Å². The number of para-hydroxylation sites is 1. The Hall–Kier alpha value is -2.83. The summed E-state index contributed by atoms with van der Waals surface area (Å²) in [6.07, 6.45) is 0. The number of ether oxygens (including phenoxy) is 2. The molecule has 1 amide bonds. The van der Waals surface area contributed by atoms with Crippen LogP contribution in [-0.4, -0.2) is 37.4 Å². The van der Waals surface area contributed by atoms with Crippen molar-refractivity contribution in [3.05, 3.63) is 41.8 Å². The van der Waals surface area contributed by atoms with Gasteiger partial charge in [-0.1, -0.05) is 32.0 Å². The number of rotatable bonds is 7. The summed E-state index contributed by atoms with van der Waals surface area (Å²) in [5.74, 6) is -1.45. The van der Waals surface area contributed by atoms with E-state index < -0.39 is 24.3 Å². The summed E-state index contributed by atoms with van der Waals surface area (Å²) in [5, 5.41) is 5.49. The Kier molecular flexibility index (Phi) is 5.95. The molecule has 0 bridgehead atoms. The average molecular weight is 332 g/mol. The zero-order chi connectivity index (χ0) is 17.5. The molecule has 7 heteroatoms. The molecule has 1 aromatic rings. The summed E-state index contributed by atoms with van der Waals surface area (Å²) in [7, 11) is 0. The predicted octanol–water partition coefficient (Wildman–Crippen LogP) is 1.22. The van der Waals surface area contributed by atoms with E-state index in [1.807, 2.05) is 19.9 Å². The number of carbonyl (C=O) groups is 3. The van der Waals surface area contributed by atoms with Gasteiger partial charge in [0.1, 0.15) is 0 Å². The van der Waals surface area contributed by atoms with Crippen molar-refractivity contribution in [2.75, 3.05) is 25.1 Å². The molecule has 0 saturated heterocycles. The highest BCUT2D eigenvalue weighted by molar-refractivity contribution is 6.20. The fraction of sp³-hybridized carbons (Fsp3) is 0.353. The van der Waals surface area contributed by atoms with E-state index in [0.29, 0.717) is 18.2 Å². The molecule has 0 aromatic heterocycles. The molecule has 1 heterocycles. The largest absolute Gasteiger partial charge is 0.470 e. The molecule has 1 aromatic carbocycles. The molecule has 0 spiro atoms. The molecule has 0 fully saturated rings. The van der Waals surface area contributed by atoms with E-state index in [-0.39, 0.29) is 18.1 Å². The SMILES string of the molecule is CC(C)CNC(=O)COC(=O)C1=C(Nc2ccccc2)OCC1=O. The summed E-state index contributed by atoms with van der Waals surface area (Å²) in [4.78, 5) is 35.5. The molecule has 1 aliphatic heterocycles. The third-order valence-electron chi connectivity index (χ3n) is 3.13. The Bertz CT molecular complexity index is 652. The summed E-state index contributed by atoms with van der Waals surface area (Å²) < 4.78 is 10.1. The molecule has 2 rings (SSSR count). The maximum Gasteiger partial charge on any atom is 0.347 e. The van der Waals surface area contributed by atoms with Gasteiger partial charge in [0.2, 0.25) is 11.7 Å². The number of hydrogen-bond acceptors (Lipinski definition) is 6. The fourth-order valence-corrected chi connectivity index (χ4v) is 1.94. The average Bonchev–Trinajstić information content (AvgIpc) is 2.92. The molecule has 7 nitrogen and oxygen atoms in total. The molecule has 1 aliphatic rings. The number of hydrogen-bond donors (Lipinski definition) is 2. The number of benzene rings is 1. The quantitative estimate of drug-likeness (QED) is 0.576. The highest BCUT2D eigenvalue weighted by atomic mass is 16.5. The maximum absolute atomic E-state index is 12.1. The van der Waals surface area contributed by atoms with Crippen LogP contribution < -0.4 is 10.6 Å². The lowest BCUT2D eigenvalue weighted by Gasteiger charge is -2.10. The van der Waals surface area contributed by atoms with Crippen LogP contribution in [-0.2, 0) is 23.9 Å². The number of carbonyl (C=O) groups excluding carboxylic acids is 3. The minimum atomic E-state index is -0.879. The molecule has 0 aliphatic carbocycles. The van der Waals surface area contributed by atoms with Gasteiger partial charge in [0.15, 0.2) is 18.8 Å². The van der Waals surface area contributed by atoms with Gasteiger partial charge in [0.25, 0.3) is 5.91 Å². The lowest BCUT2D eigenvalue weighted by atomic mass is 10.2. The second-order valence-corrected chi connectivity index (χ2v) is 5.68. The molecule has 0 saturated carbocycles. The topological polar surface area (TPSA) is 93.7 Å². The monoisotopic (exact) mass is 332 g/mol. The number of Topliss-reactive ketones (excluding diaryl/α,β-unsaturated/α-hetero) is 1. The van der Waals surface area contributed by atoms with Crippen LogP contribution in [0.3, 0.4) is 0 Å². The van der Waals surface area contributed by atoms with Crippen molar-refractivity contribution in [3.8, 4) is 0 Å². The third kappa shape index (κ3) is 4.84. The van der Waals surface area contributed by atoms with Crippen LogP contribution in [0, 0.1) is 5.92 Å². The standard InChI is InChI=1S/C17H20N2O5/c1-11(2)8-18-14(21)10-24-17(22)15-13(20)9-23-16(15)19-12-6-4-3-5-7-12/h3-7,11,19H,8-10H2,1-2H3,(H,18,21). The lowest BCUT2D eigenvalue weighted by Crippen LogP contribution is -2.32. The number of amides is 1. The van der Waals surface area contributed by atoms with Crippen molar-refractivity contribution in [1.82, 2.24) is 5.32 Å². The molecule has 24 heavy (non-hydrogen) atoms. The predicted molar refractivity (Wildman–Crippen MR) is 86.9 cm³/mol. The molecular weight excluding hydrogens is 312 g/mol. The second kappa shape index (κ2) is 8.14. The van der Waals surface area contributed by atoms with Crippen LogP contribution in [0.4, 0.5) is 5.69 Å². The van der Waals surface area contributed by atoms with Crippen molar-refractivity contribution < 1.29 is 23.9 Å². The Balaban J connectivity index is 1.98. The Morgan fingerprint density at radius 2 is 1.96 bits per heavy atom. The molecule has 0 atom stereocenters. The summed E-state index contributed by atoms with van der Waals surface area (Å²) >= 11 is 0. The minimum Gasteiger partial charge on any atom is -0.470 e. The number of esters is 1. The highest BCUT2D eigenvalue weighted by Crippen LogP contribution is 2.20. The van der Waals surface area contributed by atoms with E-state index in [1.165, 1.54) is 0 Å². The van der Waals surface area contributed by atoms with Crippen molar-refractivity contribution in [2.24, 2.45) is 5.92 Å². The Morgan fingerprint density at radius 1 is 1.25 bits per heavy atom. The van der Waals surface area contributed by atoms with Gasteiger partial charge in [-0.2, -0.15) is 0 Å². The molecule has 0 unspecified atom stereocenters. The lowest BCUT2D eigenvalue weighted by molar-refractivity contribution is -0.145. The molecule has 0 radical (unpaired) electrons. The van der Waals surface area contributed by atoms with E-state index in [2.05, 4.69) is 10.6 Å². The summed E-state index contributed by atoms with van der Waals surface area (Å²) in [6, 6.07) is 8.97. The summed E-state index contributed by atoms with van der Waals surface area (Å²) in [5.41, 5.74) is 0.456. The van der Waals surface area contributed by atoms with Gasteiger partial charge >= 0.3 is 5.97 Å². The van der Waals surface area contributed by atoms with Crippen molar-refractivity contribution in [1.29, 1.82) is 0 Å². The minimum absolute atomic E-state index is 0.0405. The van der Waals surface area contributed by atoms with Crippen molar-refractivity contribution in [2.45, 2.75) is 13.8 Å². The first-order chi connectivity index (χ1) is 11.5. The van der Waals surface area contributed by atoms with Crippen LogP contribution in [0.2, 0.25) is 0 Å². The van der Waals surface area contributed by atoms with Gasteiger partial charge in [-0.15, -0.1) is 0 Å². The fourth-order valence-electron chi connectivity index (χ4n) is 1.94. The van der Waals surface area contributed by atoms with Gasteiger partial charge in [0.05, 0.1) is 0 Å². The van der Waals surface area contributed by atoms with Gasteiger partial charge in [-0.05, 0) is 18.1 Å². The summed E-state index contributed by atoms with van der Waals surface area (Å²) in [6.45, 7) is 3.71. The third-order valence-corrected chi connectivity index (χ3v) is 3.13. The Morgan fingerprint density at radius 3 is 2.62 bits per heavy atom. The van der Waals surface area contributed by atoms with E-state index in [0.717, 1.165) is 0 Å². The zero-order valence-electron chi connectivity index (χ0n) is 13.6. The van der Waals surface area contributed by atoms with Crippen LogP contribution in [0.15, 0.2) is 41.8 Å². The zero-order valence-corrected chi connectivity index (χ0v) is 13.6. The molecule has 2 N–H and O–H groups in total. The highest BCUT2D eigenvalue weighted by Gasteiger charge is 2.32. The second-order valence-electron chi connectivity index (χ2n) is 5.68. The maximum atomic E-state index is 12.1. The number of anilines is 1. The van der Waals surface area contributed by atoms with Crippen molar-refractivity contribution >= 4 is 23.3 Å². The first kappa shape index (κ1) is 17.5. The van der Waals surface area contributed by atoms with Crippen molar-refractivity contribution in [3.63, 3.8) is 0 Å². The first-order valence-corrected chi connectivity index (χ1v) is 7.63. The number of nitrogens with one attached hydrogen (secondary N) is 2. The van der Waals surface area contributed by atoms with E-state index in [9.17, 15) is 14.4 Å². The van der Waals surface area contributed by atoms with Gasteiger partial charge in [-0.25, -0.2) is 4.79 Å². The molecule has 128 valence electrons.